The van der Waals surface area contributed by atoms with Gasteiger partial charge in [-0.25, -0.2) is 0 Å². The van der Waals surface area contributed by atoms with Gasteiger partial charge in [-0.05, 0) is 35.0 Å². The lowest BCUT2D eigenvalue weighted by Gasteiger charge is -2.05. The average Bonchev–Trinajstić information content (AvgIpc) is 2.81. The van der Waals surface area contributed by atoms with Gasteiger partial charge >= 0.3 is 0 Å². The first kappa shape index (κ1) is 12.0. The van der Waals surface area contributed by atoms with Gasteiger partial charge in [-0.3, -0.25) is 4.79 Å². The van der Waals surface area contributed by atoms with Crippen LogP contribution in [0, 0.1) is 6.92 Å². The van der Waals surface area contributed by atoms with E-state index in [4.69, 9.17) is 0 Å². The van der Waals surface area contributed by atoms with Crippen molar-refractivity contribution in [3.8, 4) is 0 Å². The summed E-state index contributed by atoms with van der Waals surface area (Å²) in [5.41, 5.74) is 2.63. The molecule has 2 rings (SSSR count). The zero-order valence-electron chi connectivity index (χ0n) is 9.75. The number of nitrogens with one attached hydrogen (secondary N) is 2. The van der Waals surface area contributed by atoms with Crippen molar-refractivity contribution in [2.24, 2.45) is 7.05 Å². The maximum absolute atomic E-state index is 11.9. The molecule has 0 radical (unpaired) electrons. The van der Waals surface area contributed by atoms with Crippen LogP contribution in [-0.4, -0.2) is 15.5 Å². The minimum atomic E-state index is -0.0546. The highest BCUT2D eigenvalue weighted by molar-refractivity contribution is 9.10. The number of carbonyl (C=O) groups is 1. The number of carbonyl (C=O) groups excluding carboxylic acids is 1. The van der Waals surface area contributed by atoms with Crippen molar-refractivity contribution in [2.45, 2.75) is 13.5 Å². The van der Waals surface area contributed by atoms with Gasteiger partial charge in [-0.15, -0.1) is 0 Å². The fraction of sp³-hybridized carbons (Fsp3) is 0.250. The van der Waals surface area contributed by atoms with E-state index in [-0.39, 0.29) is 5.91 Å². The van der Waals surface area contributed by atoms with Crippen LogP contribution in [0.1, 0.15) is 21.7 Å². The number of hydrogen-bond acceptors (Lipinski definition) is 1. The summed E-state index contributed by atoms with van der Waals surface area (Å²) in [6.07, 6.45) is 3.73. The lowest BCUT2D eigenvalue weighted by Crippen LogP contribution is -2.24. The predicted molar refractivity (Wildman–Crippen MR) is 69.8 cm³/mol. The van der Waals surface area contributed by atoms with Gasteiger partial charge in [0.25, 0.3) is 5.91 Å². The zero-order chi connectivity index (χ0) is 12.4. The van der Waals surface area contributed by atoms with Gasteiger partial charge in [0.2, 0.25) is 0 Å². The predicted octanol–water partition coefficient (Wildman–Crippen LogP) is 2.35. The summed E-state index contributed by atoms with van der Waals surface area (Å²) in [6, 6.07) is 3.77. The third-order valence-electron chi connectivity index (χ3n) is 2.70. The van der Waals surface area contributed by atoms with E-state index in [1.807, 2.05) is 30.8 Å². The highest BCUT2D eigenvalue weighted by Crippen LogP contribution is 2.13. The molecule has 0 aromatic carbocycles. The number of amides is 1. The van der Waals surface area contributed by atoms with Gasteiger partial charge in [0.05, 0.1) is 12.1 Å². The monoisotopic (exact) mass is 295 g/mol. The SMILES string of the molecule is Cc1[nH]ccc1C(=O)NCc1cc(Br)cn1C. The van der Waals surface area contributed by atoms with Crippen LogP contribution in [0.15, 0.2) is 29.0 Å². The molecule has 2 N–H and O–H groups in total. The summed E-state index contributed by atoms with van der Waals surface area (Å²) >= 11 is 3.40. The number of rotatable bonds is 3. The molecule has 2 aromatic heterocycles. The fourth-order valence-electron chi connectivity index (χ4n) is 1.71. The van der Waals surface area contributed by atoms with Crippen molar-refractivity contribution in [2.75, 3.05) is 0 Å². The summed E-state index contributed by atoms with van der Waals surface area (Å²) in [4.78, 5) is 14.9. The van der Waals surface area contributed by atoms with Crippen molar-refractivity contribution in [3.63, 3.8) is 0 Å². The summed E-state index contributed by atoms with van der Waals surface area (Å²) in [5.74, 6) is -0.0546. The van der Waals surface area contributed by atoms with Crippen LogP contribution >= 0.6 is 15.9 Å². The molecular formula is C12H14BrN3O. The molecule has 0 aliphatic carbocycles. The second-order valence-corrected chi connectivity index (χ2v) is 4.88. The van der Waals surface area contributed by atoms with E-state index < -0.39 is 0 Å². The molecule has 2 aromatic rings. The van der Waals surface area contributed by atoms with Crippen LogP contribution < -0.4 is 5.32 Å². The van der Waals surface area contributed by atoms with Crippen LogP contribution in [0.2, 0.25) is 0 Å². The molecule has 90 valence electrons. The molecule has 4 nitrogen and oxygen atoms in total. The van der Waals surface area contributed by atoms with E-state index in [0.717, 1.165) is 15.9 Å². The van der Waals surface area contributed by atoms with Crippen molar-refractivity contribution < 1.29 is 4.79 Å². The van der Waals surface area contributed by atoms with E-state index in [0.29, 0.717) is 12.1 Å². The second-order valence-electron chi connectivity index (χ2n) is 3.96. The van der Waals surface area contributed by atoms with E-state index in [1.165, 1.54) is 0 Å². The number of aryl methyl sites for hydroxylation is 2. The topological polar surface area (TPSA) is 49.8 Å². The Morgan fingerprint density at radius 3 is 2.88 bits per heavy atom. The number of nitrogens with zero attached hydrogens (tertiary/aromatic N) is 1. The number of aromatic nitrogens is 2. The van der Waals surface area contributed by atoms with Gasteiger partial charge in [-0.1, -0.05) is 0 Å². The van der Waals surface area contributed by atoms with Gasteiger partial charge in [-0.2, -0.15) is 0 Å². The quantitative estimate of drug-likeness (QED) is 0.897. The van der Waals surface area contributed by atoms with Gasteiger partial charge in [0.15, 0.2) is 0 Å². The zero-order valence-corrected chi connectivity index (χ0v) is 11.3. The maximum atomic E-state index is 11.9. The molecule has 0 aliphatic heterocycles. The Morgan fingerprint density at radius 1 is 1.59 bits per heavy atom. The molecule has 0 spiro atoms. The van der Waals surface area contributed by atoms with Crippen LogP contribution in [0.4, 0.5) is 0 Å². The second kappa shape index (κ2) is 4.79. The Balaban J connectivity index is 2.02. The summed E-state index contributed by atoms with van der Waals surface area (Å²) in [7, 11) is 1.95. The van der Waals surface area contributed by atoms with Crippen molar-refractivity contribution in [1.29, 1.82) is 0 Å². The first-order chi connectivity index (χ1) is 8.08. The highest BCUT2D eigenvalue weighted by Gasteiger charge is 2.10. The van der Waals surface area contributed by atoms with Crippen molar-refractivity contribution in [3.05, 3.63) is 46.0 Å². The van der Waals surface area contributed by atoms with Gasteiger partial charge < -0.3 is 14.9 Å². The Hall–Kier alpha value is -1.49. The van der Waals surface area contributed by atoms with Crippen LogP contribution in [-0.2, 0) is 13.6 Å². The summed E-state index contributed by atoms with van der Waals surface area (Å²) < 4.78 is 3.00. The largest absolute Gasteiger partial charge is 0.365 e. The Kier molecular flexibility index (Phi) is 3.38. The third kappa shape index (κ3) is 2.61. The van der Waals surface area contributed by atoms with Crippen molar-refractivity contribution in [1.82, 2.24) is 14.9 Å². The minimum absolute atomic E-state index is 0.0546. The van der Waals surface area contributed by atoms with E-state index in [9.17, 15) is 4.79 Å². The first-order valence-corrected chi connectivity index (χ1v) is 6.10. The Morgan fingerprint density at radius 2 is 2.35 bits per heavy atom. The standard InChI is InChI=1S/C12H14BrN3O/c1-8-11(3-4-14-8)12(17)15-6-10-5-9(13)7-16(10)2/h3-5,7,14H,6H2,1-2H3,(H,15,17). The normalized spacial score (nSPS) is 10.5. The Labute approximate surface area is 108 Å². The molecule has 17 heavy (non-hydrogen) atoms. The fourth-order valence-corrected chi connectivity index (χ4v) is 2.28. The summed E-state index contributed by atoms with van der Waals surface area (Å²) in [5, 5.41) is 2.90. The van der Waals surface area contributed by atoms with Crippen LogP contribution in [0.25, 0.3) is 0 Å². The van der Waals surface area contributed by atoms with Gasteiger partial charge in [0, 0.05) is 35.3 Å². The van der Waals surface area contributed by atoms with Crippen LogP contribution in [0.5, 0.6) is 0 Å². The molecule has 0 saturated heterocycles. The summed E-state index contributed by atoms with van der Waals surface area (Å²) in [6.45, 7) is 2.40. The molecule has 0 fully saturated rings. The lowest BCUT2D eigenvalue weighted by molar-refractivity contribution is 0.0949. The average molecular weight is 296 g/mol. The van der Waals surface area contributed by atoms with E-state index in [1.54, 1.807) is 12.3 Å². The molecule has 0 bridgehead atoms. The van der Waals surface area contributed by atoms with Crippen LogP contribution in [0.3, 0.4) is 0 Å². The Bertz CT molecular complexity index is 542. The molecule has 1 amide bonds. The molecule has 0 atom stereocenters. The molecule has 0 aliphatic rings. The number of aromatic amines is 1. The molecular weight excluding hydrogens is 282 g/mol. The maximum Gasteiger partial charge on any atom is 0.253 e. The minimum Gasteiger partial charge on any atom is -0.365 e. The third-order valence-corrected chi connectivity index (χ3v) is 3.14. The highest BCUT2D eigenvalue weighted by atomic mass is 79.9. The lowest BCUT2D eigenvalue weighted by atomic mass is 10.2. The molecule has 5 heteroatoms. The first-order valence-electron chi connectivity index (χ1n) is 5.31. The molecule has 0 unspecified atom stereocenters. The molecule has 0 saturated carbocycles. The number of hydrogen-bond donors (Lipinski definition) is 2. The van der Waals surface area contributed by atoms with E-state index >= 15 is 0 Å². The smallest absolute Gasteiger partial charge is 0.253 e. The number of H-pyrrole nitrogens is 1. The van der Waals surface area contributed by atoms with Gasteiger partial charge in [0.1, 0.15) is 0 Å². The van der Waals surface area contributed by atoms with E-state index in [2.05, 4.69) is 26.2 Å². The van der Waals surface area contributed by atoms with Crippen molar-refractivity contribution >= 4 is 21.8 Å². The molecule has 2 heterocycles. The number of halogens is 1.